The Bertz CT molecular complexity index is 248. The fourth-order valence-electron chi connectivity index (χ4n) is 4.16. The first-order valence-electron chi connectivity index (χ1n) is 9.32. The van der Waals surface area contributed by atoms with Gasteiger partial charge in [0.25, 0.3) is 0 Å². The molecule has 2 atom stereocenters. The largest absolute Gasteiger partial charge is 0.311 e. The maximum atomic E-state index is 3.81. The Morgan fingerprint density at radius 2 is 1.80 bits per heavy atom. The van der Waals surface area contributed by atoms with Crippen molar-refractivity contribution in [2.45, 2.75) is 90.1 Å². The van der Waals surface area contributed by atoms with E-state index in [1.165, 1.54) is 83.8 Å². The van der Waals surface area contributed by atoms with E-state index in [1.807, 2.05) is 0 Å². The summed E-state index contributed by atoms with van der Waals surface area (Å²) in [7, 11) is 0. The van der Waals surface area contributed by atoms with Crippen molar-refractivity contribution in [3.05, 3.63) is 0 Å². The maximum Gasteiger partial charge on any atom is 0.0249 e. The zero-order valence-corrected chi connectivity index (χ0v) is 13.9. The third-order valence-electron chi connectivity index (χ3n) is 5.53. The normalized spacial score (nSPS) is 29.7. The maximum absolute atomic E-state index is 3.81. The summed E-state index contributed by atoms with van der Waals surface area (Å²) < 4.78 is 0. The van der Waals surface area contributed by atoms with Gasteiger partial charge in [-0.05, 0) is 38.1 Å². The molecule has 2 fully saturated rings. The Kier molecular flexibility index (Phi) is 7.37. The van der Waals surface area contributed by atoms with Crippen molar-refractivity contribution in [3.63, 3.8) is 0 Å². The molecular weight excluding hydrogens is 244 g/mol. The molecular formula is C18H36N2. The number of hydrogen-bond acceptors (Lipinski definition) is 2. The minimum atomic E-state index is 0.737. The van der Waals surface area contributed by atoms with Crippen LogP contribution in [0.4, 0.5) is 0 Å². The molecule has 20 heavy (non-hydrogen) atoms. The van der Waals surface area contributed by atoms with E-state index in [9.17, 15) is 0 Å². The molecule has 0 bridgehead atoms. The summed E-state index contributed by atoms with van der Waals surface area (Å²) in [4.78, 5) is 2.86. The number of rotatable bonds is 7. The van der Waals surface area contributed by atoms with E-state index in [1.54, 1.807) is 0 Å². The molecule has 0 aromatic carbocycles. The van der Waals surface area contributed by atoms with Crippen LogP contribution < -0.4 is 5.32 Å². The van der Waals surface area contributed by atoms with Crippen molar-refractivity contribution in [1.82, 2.24) is 10.2 Å². The predicted molar refractivity (Wildman–Crippen MR) is 88.2 cm³/mol. The van der Waals surface area contributed by atoms with Crippen molar-refractivity contribution in [2.24, 2.45) is 5.92 Å². The van der Waals surface area contributed by atoms with Gasteiger partial charge in [-0.1, -0.05) is 52.4 Å². The number of hydrogen-bond donors (Lipinski definition) is 1. The molecule has 0 spiro atoms. The summed E-state index contributed by atoms with van der Waals surface area (Å²) in [5, 5.41) is 3.81. The van der Waals surface area contributed by atoms with Crippen LogP contribution >= 0.6 is 0 Å². The van der Waals surface area contributed by atoms with Gasteiger partial charge in [-0.15, -0.1) is 0 Å². The van der Waals surface area contributed by atoms with Crippen LogP contribution in [0.15, 0.2) is 0 Å². The van der Waals surface area contributed by atoms with Crippen LogP contribution in [0.25, 0.3) is 0 Å². The fourth-order valence-corrected chi connectivity index (χ4v) is 4.16. The molecule has 1 N–H and O–H groups in total. The van der Waals surface area contributed by atoms with Crippen molar-refractivity contribution in [1.29, 1.82) is 0 Å². The average Bonchev–Trinajstić information content (AvgIpc) is 2.52. The van der Waals surface area contributed by atoms with E-state index >= 15 is 0 Å². The first-order valence-corrected chi connectivity index (χ1v) is 9.32. The lowest BCUT2D eigenvalue weighted by Crippen LogP contribution is -2.59. The molecule has 1 aliphatic heterocycles. The third kappa shape index (κ3) is 4.73. The SMILES string of the molecule is CCCCCCN1CC(CC)NCC1C1CCCCC1. The lowest BCUT2D eigenvalue weighted by molar-refractivity contribution is 0.0693. The molecule has 1 aliphatic carbocycles. The van der Waals surface area contributed by atoms with Crippen LogP contribution in [0, 0.1) is 5.92 Å². The first kappa shape index (κ1) is 16.3. The van der Waals surface area contributed by atoms with Gasteiger partial charge in [-0.3, -0.25) is 4.90 Å². The van der Waals surface area contributed by atoms with Crippen molar-refractivity contribution in [2.75, 3.05) is 19.6 Å². The molecule has 118 valence electrons. The second kappa shape index (κ2) is 9.04. The summed E-state index contributed by atoms with van der Waals surface area (Å²) in [5.41, 5.74) is 0. The molecule has 2 nitrogen and oxygen atoms in total. The zero-order valence-electron chi connectivity index (χ0n) is 13.9. The molecule has 2 rings (SSSR count). The van der Waals surface area contributed by atoms with E-state index in [4.69, 9.17) is 0 Å². The second-order valence-electron chi connectivity index (χ2n) is 7.03. The minimum absolute atomic E-state index is 0.737. The number of unbranched alkanes of at least 4 members (excludes halogenated alkanes) is 3. The van der Waals surface area contributed by atoms with E-state index in [2.05, 4.69) is 24.1 Å². The van der Waals surface area contributed by atoms with Crippen LogP contribution in [0.1, 0.15) is 78.1 Å². The topological polar surface area (TPSA) is 15.3 Å². The molecule has 1 heterocycles. The molecule has 2 unspecified atom stereocenters. The Balaban J connectivity index is 1.85. The van der Waals surface area contributed by atoms with Gasteiger partial charge in [0.1, 0.15) is 0 Å². The van der Waals surface area contributed by atoms with Crippen LogP contribution in [-0.2, 0) is 0 Å². The van der Waals surface area contributed by atoms with Crippen molar-refractivity contribution < 1.29 is 0 Å². The number of nitrogens with zero attached hydrogens (tertiary/aromatic N) is 1. The quantitative estimate of drug-likeness (QED) is 0.703. The van der Waals surface area contributed by atoms with Gasteiger partial charge >= 0.3 is 0 Å². The Labute approximate surface area is 126 Å². The fraction of sp³-hybridized carbons (Fsp3) is 1.00. The second-order valence-corrected chi connectivity index (χ2v) is 7.03. The zero-order chi connectivity index (χ0) is 14.2. The lowest BCUT2D eigenvalue weighted by Gasteiger charge is -2.45. The summed E-state index contributed by atoms with van der Waals surface area (Å²) in [6.45, 7) is 8.52. The molecule has 0 aromatic rings. The highest BCUT2D eigenvalue weighted by atomic mass is 15.2. The molecule has 2 heteroatoms. The van der Waals surface area contributed by atoms with Crippen LogP contribution in [0.3, 0.4) is 0 Å². The molecule has 1 saturated heterocycles. The highest BCUT2D eigenvalue weighted by molar-refractivity contribution is 4.90. The lowest BCUT2D eigenvalue weighted by atomic mass is 9.82. The monoisotopic (exact) mass is 280 g/mol. The van der Waals surface area contributed by atoms with Gasteiger partial charge in [-0.25, -0.2) is 0 Å². The average molecular weight is 281 g/mol. The van der Waals surface area contributed by atoms with Gasteiger partial charge in [0.05, 0.1) is 0 Å². The predicted octanol–water partition coefficient (Wildman–Crippen LogP) is 4.20. The molecule has 0 aromatic heterocycles. The Hall–Kier alpha value is -0.0800. The number of nitrogens with one attached hydrogen (secondary N) is 1. The smallest absolute Gasteiger partial charge is 0.0249 e. The van der Waals surface area contributed by atoms with E-state index in [-0.39, 0.29) is 0 Å². The highest BCUT2D eigenvalue weighted by Gasteiger charge is 2.32. The van der Waals surface area contributed by atoms with Crippen molar-refractivity contribution in [3.8, 4) is 0 Å². The Morgan fingerprint density at radius 3 is 2.50 bits per heavy atom. The van der Waals surface area contributed by atoms with Gasteiger partial charge in [0.2, 0.25) is 0 Å². The van der Waals surface area contributed by atoms with Gasteiger partial charge < -0.3 is 5.32 Å². The van der Waals surface area contributed by atoms with Crippen LogP contribution in [0.5, 0.6) is 0 Å². The highest BCUT2D eigenvalue weighted by Crippen LogP contribution is 2.30. The van der Waals surface area contributed by atoms with Crippen molar-refractivity contribution >= 4 is 0 Å². The van der Waals surface area contributed by atoms with Crippen LogP contribution in [-0.4, -0.2) is 36.6 Å². The Morgan fingerprint density at radius 1 is 1.00 bits per heavy atom. The summed E-state index contributed by atoms with van der Waals surface area (Å²) in [6.07, 6.45) is 14.3. The minimum Gasteiger partial charge on any atom is -0.311 e. The van der Waals surface area contributed by atoms with Gasteiger partial charge in [0, 0.05) is 25.2 Å². The molecule has 1 saturated carbocycles. The standard InChI is InChI=1S/C18H36N2/c1-3-5-6-10-13-20-15-17(4-2)19-14-18(20)16-11-8-7-9-12-16/h16-19H,3-15H2,1-2H3. The molecule has 2 aliphatic rings. The first-order chi connectivity index (χ1) is 9.85. The number of piperazine rings is 1. The van der Waals surface area contributed by atoms with Gasteiger partial charge in [0.15, 0.2) is 0 Å². The third-order valence-corrected chi connectivity index (χ3v) is 5.53. The van der Waals surface area contributed by atoms with Crippen LogP contribution in [0.2, 0.25) is 0 Å². The summed E-state index contributed by atoms with van der Waals surface area (Å²) in [5.74, 6) is 0.972. The van der Waals surface area contributed by atoms with Gasteiger partial charge in [-0.2, -0.15) is 0 Å². The van der Waals surface area contributed by atoms with E-state index in [0.717, 1.165) is 18.0 Å². The van der Waals surface area contributed by atoms with E-state index < -0.39 is 0 Å². The molecule has 0 radical (unpaired) electrons. The summed E-state index contributed by atoms with van der Waals surface area (Å²) >= 11 is 0. The summed E-state index contributed by atoms with van der Waals surface area (Å²) in [6, 6.07) is 1.57. The molecule has 0 amide bonds. The van der Waals surface area contributed by atoms with E-state index in [0.29, 0.717) is 0 Å².